The Morgan fingerprint density at radius 2 is 1.74 bits per heavy atom. The molecule has 0 saturated heterocycles. The van der Waals surface area contributed by atoms with Crippen molar-refractivity contribution in [3.8, 4) is 0 Å². The molecule has 0 fully saturated rings. The predicted octanol–water partition coefficient (Wildman–Crippen LogP) is 2.77. The van der Waals surface area contributed by atoms with Crippen LogP contribution in [0.2, 0.25) is 0 Å². The zero-order valence-corrected chi connectivity index (χ0v) is 10.5. The van der Waals surface area contributed by atoms with Gasteiger partial charge in [0, 0.05) is 16.9 Å². The molecule has 19 heavy (non-hydrogen) atoms. The summed E-state index contributed by atoms with van der Waals surface area (Å²) >= 11 is 0. The molecule has 1 amide bonds. The van der Waals surface area contributed by atoms with E-state index in [9.17, 15) is 9.59 Å². The van der Waals surface area contributed by atoms with Crippen LogP contribution in [0.3, 0.4) is 0 Å². The predicted molar refractivity (Wildman–Crippen MR) is 75.5 cm³/mol. The molecule has 0 aliphatic carbocycles. The van der Waals surface area contributed by atoms with Crippen LogP contribution in [0.15, 0.2) is 48.5 Å². The van der Waals surface area contributed by atoms with E-state index in [-0.39, 0.29) is 5.78 Å². The number of carbonyl (C=O) groups excluding carboxylic acids is 2. The maximum Gasteiger partial charge on any atom is 0.218 e. The number of benzene rings is 2. The Morgan fingerprint density at radius 1 is 1.11 bits per heavy atom. The van der Waals surface area contributed by atoms with E-state index < -0.39 is 0 Å². The maximum absolute atomic E-state index is 11.4. The van der Waals surface area contributed by atoms with Gasteiger partial charge in [0.1, 0.15) is 0 Å². The molecule has 2 aromatic carbocycles. The molecule has 2 N–H and O–H groups in total. The number of nitrogens with zero attached hydrogens (tertiary/aromatic N) is 1. The number of carbonyl (C=O) groups is 2. The molecule has 0 aromatic heterocycles. The van der Waals surface area contributed by atoms with E-state index in [1.54, 1.807) is 48.5 Å². The summed E-state index contributed by atoms with van der Waals surface area (Å²) in [5.41, 5.74) is 8.15. The Balaban J connectivity index is 2.45. The standard InChI is InChI=1S/C15H14N2O2/c1-11(19)12-4-2-6-14(8-12)17(10-18)15-7-3-5-13(16)9-15/h2-10H,16H2,1H3. The highest BCUT2D eigenvalue weighted by molar-refractivity contribution is 5.96. The Labute approximate surface area is 111 Å². The van der Waals surface area contributed by atoms with Crippen LogP contribution in [0.25, 0.3) is 0 Å². The fraction of sp³-hybridized carbons (Fsp3) is 0.0667. The average molecular weight is 254 g/mol. The van der Waals surface area contributed by atoms with Crippen LogP contribution in [0, 0.1) is 0 Å². The quantitative estimate of drug-likeness (QED) is 0.518. The third kappa shape index (κ3) is 2.80. The first-order chi connectivity index (χ1) is 9.11. The molecule has 0 aliphatic rings. The fourth-order valence-electron chi connectivity index (χ4n) is 1.82. The second-order valence-electron chi connectivity index (χ2n) is 4.18. The van der Waals surface area contributed by atoms with Crippen LogP contribution in [0.4, 0.5) is 17.1 Å². The van der Waals surface area contributed by atoms with E-state index in [1.807, 2.05) is 0 Å². The summed E-state index contributed by atoms with van der Waals surface area (Å²) in [6, 6.07) is 13.9. The first kappa shape index (κ1) is 12.8. The van der Waals surface area contributed by atoms with Crippen LogP contribution >= 0.6 is 0 Å². The zero-order chi connectivity index (χ0) is 13.8. The summed E-state index contributed by atoms with van der Waals surface area (Å²) < 4.78 is 0. The Bertz CT molecular complexity index is 623. The van der Waals surface area contributed by atoms with E-state index >= 15 is 0 Å². The van der Waals surface area contributed by atoms with Gasteiger partial charge in [0.05, 0.1) is 5.69 Å². The summed E-state index contributed by atoms with van der Waals surface area (Å²) in [7, 11) is 0. The zero-order valence-electron chi connectivity index (χ0n) is 10.5. The van der Waals surface area contributed by atoms with Gasteiger partial charge in [0.25, 0.3) is 0 Å². The van der Waals surface area contributed by atoms with E-state index in [0.29, 0.717) is 29.0 Å². The van der Waals surface area contributed by atoms with Crippen LogP contribution in [0.1, 0.15) is 17.3 Å². The van der Waals surface area contributed by atoms with Crippen molar-refractivity contribution in [3.63, 3.8) is 0 Å². The summed E-state index contributed by atoms with van der Waals surface area (Å²) in [6.45, 7) is 1.49. The van der Waals surface area contributed by atoms with Crippen LogP contribution in [-0.2, 0) is 4.79 Å². The molecule has 0 spiro atoms. The van der Waals surface area contributed by atoms with Crippen molar-refractivity contribution >= 4 is 29.3 Å². The number of hydrogen-bond acceptors (Lipinski definition) is 3. The van der Waals surface area contributed by atoms with Crippen LogP contribution in [0.5, 0.6) is 0 Å². The number of ketones is 1. The lowest BCUT2D eigenvalue weighted by Gasteiger charge is -2.18. The van der Waals surface area contributed by atoms with Gasteiger partial charge in [0.2, 0.25) is 6.41 Å². The Hall–Kier alpha value is -2.62. The first-order valence-electron chi connectivity index (χ1n) is 5.83. The Morgan fingerprint density at radius 3 is 2.32 bits per heavy atom. The lowest BCUT2D eigenvalue weighted by molar-refractivity contribution is -0.106. The third-order valence-corrected chi connectivity index (χ3v) is 2.78. The third-order valence-electron chi connectivity index (χ3n) is 2.78. The Kier molecular flexibility index (Phi) is 3.61. The second-order valence-corrected chi connectivity index (χ2v) is 4.18. The van der Waals surface area contributed by atoms with Crippen molar-refractivity contribution in [3.05, 3.63) is 54.1 Å². The molecule has 4 heteroatoms. The number of Topliss-reactive ketones (excluding diaryl/α,β-unsaturated/α-hetero) is 1. The van der Waals surface area contributed by atoms with Crippen molar-refractivity contribution in [1.29, 1.82) is 0 Å². The lowest BCUT2D eigenvalue weighted by atomic mass is 10.1. The molecule has 2 aromatic rings. The molecule has 0 radical (unpaired) electrons. The average Bonchev–Trinajstić information content (AvgIpc) is 2.40. The van der Waals surface area contributed by atoms with Gasteiger partial charge in [0.15, 0.2) is 5.78 Å². The molecule has 4 nitrogen and oxygen atoms in total. The molecule has 2 rings (SSSR count). The molecule has 0 unspecified atom stereocenters. The fourth-order valence-corrected chi connectivity index (χ4v) is 1.82. The number of anilines is 3. The molecule has 0 saturated carbocycles. The smallest absolute Gasteiger partial charge is 0.218 e. The van der Waals surface area contributed by atoms with Gasteiger partial charge in [-0.15, -0.1) is 0 Å². The minimum Gasteiger partial charge on any atom is -0.399 e. The van der Waals surface area contributed by atoms with Crippen LogP contribution in [-0.4, -0.2) is 12.2 Å². The van der Waals surface area contributed by atoms with E-state index in [1.165, 1.54) is 11.8 Å². The number of hydrogen-bond donors (Lipinski definition) is 1. The van der Waals surface area contributed by atoms with Crippen molar-refractivity contribution in [2.45, 2.75) is 6.92 Å². The largest absolute Gasteiger partial charge is 0.399 e. The molecule has 0 aliphatic heterocycles. The lowest BCUT2D eigenvalue weighted by Crippen LogP contribution is -2.14. The summed E-state index contributed by atoms with van der Waals surface area (Å²) in [5.74, 6) is -0.0414. The molecule has 0 heterocycles. The van der Waals surface area contributed by atoms with Gasteiger partial charge in [-0.3, -0.25) is 14.5 Å². The molecule has 0 atom stereocenters. The highest BCUT2D eigenvalue weighted by Crippen LogP contribution is 2.26. The topological polar surface area (TPSA) is 63.4 Å². The van der Waals surface area contributed by atoms with Gasteiger partial charge in [-0.1, -0.05) is 18.2 Å². The molecule has 0 bridgehead atoms. The van der Waals surface area contributed by atoms with E-state index in [2.05, 4.69) is 0 Å². The van der Waals surface area contributed by atoms with Gasteiger partial charge in [-0.05, 0) is 37.3 Å². The van der Waals surface area contributed by atoms with Crippen LogP contribution < -0.4 is 10.6 Å². The van der Waals surface area contributed by atoms with Crippen molar-refractivity contribution in [2.24, 2.45) is 0 Å². The van der Waals surface area contributed by atoms with Gasteiger partial charge >= 0.3 is 0 Å². The minimum absolute atomic E-state index is 0.0414. The van der Waals surface area contributed by atoms with E-state index in [0.717, 1.165) is 0 Å². The highest BCUT2D eigenvalue weighted by atomic mass is 16.1. The summed E-state index contributed by atoms with van der Waals surface area (Å²) in [5, 5.41) is 0. The van der Waals surface area contributed by atoms with Gasteiger partial charge in [-0.25, -0.2) is 0 Å². The minimum atomic E-state index is -0.0414. The first-order valence-corrected chi connectivity index (χ1v) is 5.83. The second kappa shape index (κ2) is 5.35. The van der Waals surface area contributed by atoms with E-state index in [4.69, 9.17) is 5.73 Å². The van der Waals surface area contributed by atoms with Gasteiger partial charge < -0.3 is 5.73 Å². The van der Waals surface area contributed by atoms with Crippen molar-refractivity contribution in [2.75, 3.05) is 10.6 Å². The van der Waals surface area contributed by atoms with Gasteiger partial charge in [-0.2, -0.15) is 0 Å². The monoisotopic (exact) mass is 254 g/mol. The van der Waals surface area contributed by atoms with Crippen molar-refractivity contribution < 1.29 is 9.59 Å². The molecular formula is C15H14N2O2. The normalized spacial score (nSPS) is 9.95. The number of rotatable bonds is 4. The molecule has 96 valence electrons. The highest BCUT2D eigenvalue weighted by Gasteiger charge is 2.10. The molecular weight excluding hydrogens is 240 g/mol. The number of nitrogens with two attached hydrogens (primary N) is 1. The van der Waals surface area contributed by atoms with Crippen molar-refractivity contribution in [1.82, 2.24) is 0 Å². The summed E-state index contributed by atoms with van der Waals surface area (Å²) in [4.78, 5) is 24.1. The maximum atomic E-state index is 11.4. The number of nitrogen functional groups attached to an aromatic ring is 1. The SMILES string of the molecule is CC(=O)c1cccc(N(C=O)c2cccc(N)c2)c1. The number of amides is 1. The summed E-state index contributed by atoms with van der Waals surface area (Å²) in [6.07, 6.45) is 0.702.